The normalized spacial score (nSPS) is 40.1. The maximum atomic E-state index is 13.2. The van der Waals surface area contributed by atoms with E-state index in [1.807, 2.05) is 6.92 Å². The van der Waals surface area contributed by atoms with E-state index in [0.29, 0.717) is 43.6 Å². The van der Waals surface area contributed by atoms with Crippen molar-refractivity contribution in [3.8, 4) is 0 Å². The molecule has 3 fully saturated rings. The summed E-state index contributed by atoms with van der Waals surface area (Å²) in [6.45, 7) is 4.20. The molecule has 3 aliphatic rings. The Morgan fingerprint density at radius 3 is 2.52 bits per heavy atom. The Labute approximate surface area is 268 Å². The van der Waals surface area contributed by atoms with E-state index in [1.54, 1.807) is 6.92 Å². The van der Waals surface area contributed by atoms with Crippen LogP contribution in [0.15, 0.2) is 0 Å². The molecular formula is C27H48O13P2S2. The van der Waals surface area contributed by atoms with Crippen LogP contribution >= 0.6 is 39.2 Å². The number of hydrogen-bond acceptors (Lipinski definition) is 13. The summed E-state index contributed by atoms with van der Waals surface area (Å²) in [5.41, 5.74) is 0. The van der Waals surface area contributed by atoms with Crippen LogP contribution in [0.2, 0.25) is 0 Å². The highest BCUT2D eigenvalue weighted by Gasteiger charge is 2.50. The van der Waals surface area contributed by atoms with Gasteiger partial charge in [0.05, 0.1) is 35.9 Å². The standard InChI is InChI=1S/C27H48O13P2S2/c1-17(29)9-10-20-11-12-21(30)8-6-5-7-13-43-26-18(2)37-22(14-28)24(26)40-42(33,34)36-15-23-25(39-41(31,32)35-4)27(44-16-20)19(3)38-23/h18-20,22-28H,5-16H2,1-4H3,(H,31,32)(H,33,34)/t18-,19-,20?,22+,23+,24?,25?,26+,27+/m0/s1. The zero-order valence-electron chi connectivity index (χ0n) is 25.8. The molecule has 3 rings (SSSR count). The minimum atomic E-state index is -4.71. The lowest BCUT2D eigenvalue weighted by Gasteiger charge is -2.27. The molecular weight excluding hydrogens is 658 g/mol. The predicted octanol–water partition coefficient (Wildman–Crippen LogP) is 4.30. The largest absolute Gasteiger partial charge is 0.472 e. The first kappa shape index (κ1) is 38.6. The lowest BCUT2D eigenvalue weighted by atomic mass is 9.96. The Kier molecular flexibility index (Phi) is 15.8. The Morgan fingerprint density at radius 1 is 1.11 bits per heavy atom. The first-order valence-electron chi connectivity index (χ1n) is 15.1. The van der Waals surface area contributed by atoms with Gasteiger partial charge in [0.25, 0.3) is 0 Å². The van der Waals surface area contributed by atoms with Crippen LogP contribution in [0.25, 0.3) is 0 Å². The average molecular weight is 707 g/mol. The fraction of sp³-hybridized carbons (Fsp3) is 0.926. The van der Waals surface area contributed by atoms with Gasteiger partial charge < -0.3 is 29.2 Å². The van der Waals surface area contributed by atoms with Crippen molar-refractivity contribution in [1.29, 1.82) is 0 Å². The average Bonchev–Trinajstić information content (AvgIpc) is 3.41. The molecule has 13 nitrogen and oxygen atoms in total. The van der Waals surface area contributed by atoms with E-state index in [0.717, 1.165) is 26.4 Å². The van der Waals surface area contributed by atoms with E-state index in [9.17, 15) is 33.6 Å². The van der Waals surface area contributed by atoms with Crippen molar-refractivity contribution in [3.63, 3.8) is 0 Å². The van der Waals surface area contributed by atoms with Gasteiger partial charge in [0.2, 0.25) is 0 Å². The molecule has 0 amide bonds. The van der Waals surface area contributed by atoms with Gasteiger partial charge in [-0.25, -0.2) is 9.13 Å². The van der Waals surface area contributed by atoms with Crippen molar-refractivity contribution in [3.05, 3.63) is 0 Å². The molecule has 0 aliphatic carbocycles. The van der Waals surface area contributed by atoms with E-state index >= 15 is 0 Å². The zero-order valence-corrected chi connectivity index (χ0v) is 29.2. The monoisotopic (exact) mass is 706 g/mol. The van der Waals surface area contributed by atoms with Crippen molar-refractivity contribution < 1.29 is 61.2 Å². The maximum absolute atomic E-state index is 13.2. The van der Waals surface area contributed by atoms with Crippen molar-refractivity contribution in [2.45, 2.75) is 119 Å². The molecule has 0 aromatic carbocycles. The number of hydrogen-bond donors (Lipinski definition) is 3. The first-order chi connectivity index (χ1) is 20.7. The van der Waals surface area contributed by atoms with Gasteiger partial charge in [-0.1, -0.05) is 6.42 Å². The number of carbonyl (C=O) groups is 2. The van der Waals surface area contributed by atoms with E-state index in [-0.39, 0.29) is 28.8 Å². The summed E-state index contributed by atoms with van der Waals surface area (Å²) in [6.07, 6.45) is 0.206. The summed E-state index contributed by atoms with van der Waals surface area (Å²) < 4.78 is 58.5. The third-order valence-corrected chi connectivity index (χ3v) is 13.3. The second kappa shape index (κ2) is 18.1. The van der Waals surface area contributed by atoms with Gasteiger partial charge in [0.1, 0.15) is 36.0 Å². The van der Waals surface area contributed by atoms with Crippen molar-refractivity contribution in [1.82, 2.24) is 0 Å². The van der Waals surface area contributed by atoms with Crippen LogP contribution in [0.1, 0.15) is 72.1 Å². The highest BCUT2D eigenvalue weighted by atomic mass is 32.2. The van der Waals surface area contributed by atoms with E-state index in [1.165, 1.54) is 30.4 Å². The van der Waals surface area contributed by atoms with Gasteiger partial charge in [-0.3, -0.25) is 22.9 Å². The third-order valence-electron chi connectivity index (χ3n) is 8.08. The molecule has 3 aliphatic heterocycles. The zero-order chi connectivity index (χ0) is 32.5. The van der Waals surface area contributed by atoms with Crippen LogP contribution in [0.3, 0.4) is 0 Å². The number of thioether (sulfide) groups is 2. The number of carbonyl (C=O) groups excluding carboxylic acids is 2. The number of phosphoric ester groups is 2. The summed E-state index contributed by atoms with van der Waals surface area (Å²) in [5, 5.41) is 9.03. The van der Waals surface area contributed by atoms with Gasteiger partial charge in [-0.15, -0.1) is 0 Å². The molecule has 0 spiro atoms. The van der Waals surface area contributed by atoms with Gasteiger partial charge in [0, 0.05) is 26.4 Å². The Bertz CT molecular complexity index is 1040. The molecule has 0 aromatic heterocycles. The summed E-state index contributed by atoms with van der Waals surface area (Å²) in [5.74, 6) is 1.52. The van der Waals surface area contributed by atoms with E-state index in [4.69, 9.17) is 23.0 Å². The molecule has 11 atom stereocenters. The van der Waals surface area contributed by atoms with Crippen LogP contribution < -0.4 is 0 Å². The highest BCUT2D eigenvalue weighted by Crippen LogP contribution is 2.52. The van der Waals surface area contributed by atoms with Crippen LogP contribution in [-0.4, -0.2) is 105 Å². The highest BCUT2D eigenvalue weighted by molar-refractivity contribution is 8.00. The summed E-state index contributed by atoms with van der Waals surface area (Å²) in [4.78, 5) is 45.3. The van der Waals surface area contributed by atoms with Crippen LogP contribution in [-0.2, 0) is 46.3 Å². The van der Waals surface area contributed by atoms with E-state index < -0.39 is 64.6 Å². The molecule has 2 bridgehead atoms. The van der Waals surface area contributed by atoms with Gasteiger partial charge in [-0.2, -0.15) is 23.5 Å². The molecule has 0 saturated carbocycles. The number of aliphatic hydroxyl groups is 1. The molecule has 17 heteroatoms. The number of rotatable bonds is 7. The second-order valence-electron chi connectivity index (χ2n) is 11.6. The summed E-state index contributed by atoms with van der Waals surface area (Å²) in [7, 11) is -8.18. The Hall–Kier alpha value is 0.140. The number of ketones is 2. The summed E-state index contributed by atoms with van der Waals surface area (Å²) >= 11 is 2.95. The number of phosphoric acid groups is 2. The second-order valence-corrected chi connectivity index (χ2v) is 17.0. The minimum Gasteiger partial charge on any atom is -0.394 e. The Balaban J connectivity index is 1.83. The minimum absolute atomic E-state index is 0.0408. The topological polar surface area (TPSA) is 184 Å². The first-order valence-corrected chi connectivity index (χ1v) is 20.2. The Morgan fingerprint density at radius 2 is 1.84 bits per heavy atom. The molecule has 3 N–H and O–H groups in total. The van der Waals surface area contributed by atoms with Crippen LogP contribution in [0.5, 0.6) is 0 Å². The maximum Gasteiger partial charge on any atom is 0.472 e. The molecule has 256 valence electrons. The number of ether oxygens (including phenoxy) is 2. The number of Topliss-reactive ketones (excluding diaryl/α,β-unsaturated/α-hetero) is 2. The fourth-order valence-electron chi connectivity index (χ4n) is 5.64. The molecule has 44 heavy (non-hydrogen) atoms. The fourth-order valence-corrected chi connectivity index (χ4v) is 10.4. The quantitative estimate of drug-likeness (QED) is 0.318. The van der Waals surface area contributed by atoms with E-state index in [2.05, 4.69) is 4.52 Å². The smallest absolute Gasteiger partial charge is 0.394 e. The van der Waals surface area contributed by atoms with Crippen LogP contribution in [0.4, 0.5) is 0 Å². The van der Waals surface area contributed by atoms with Gasteiger partial charge >= 0.3 is 15.6 Å². The van der Waals surface area contributed by atoms with Crippen molar-refractivity contribution >= 4 is 50.7 Å². The molecule has 3 saturated heterocycles. The summed E-state index contributed by atoms with van der Waals surface area (Å²) in [6, 6.07) is 0. The van der Waals surface area contributed by atoms with Gasteiger partial charge in [0.15, 0.2) is 0 Å². The molecule has 5 unspecified atom stereocenters. The third kappa shape index (κ3) is 12.0. The lowest BCUT2D eigenvalue weighted by Crippen LogP contribution is -2.36. The van der Waals surface area contributed by atoms with Crippen molar-refractivity contribution in [2.24, 2.45) is 5.92 Å². The number of aliphatic hydroxyl groups excluding tert-OH is 1. The van der Waals surface area contributed by atoms with Gasteiger partial charge in [-0.05, 0) is 63.9 Å². The molecule has 0 aromatic rings. The number of fused-ring (bicyclic) bond motifs is 3. The molecule has 0 radical (unpaired) electrons. The van der Waals surface area contributed by atoms with Crippen molar-refractivity contribution in [2.75, 3.05) is 31.8 Å². The SMILES string of the molecule is COP(=O)(O)OC1[C@H]2COP(=O)(O)OC3[C@@H](CO)O[C@@H](C)[C@H]3SCCCCCC(=O)CCC(CCC(C)=O)CS[C@@H]1[C@H](C)O2. The lowest BCUT2D eigenvalue weighted by molar-refractivity contribution is -0.119. The predicted molar refractivity (Wildman–Crippen MR) is 167 cm³/mol. The van der Waals surface area contributed by atoms with Crippen LogP contribution in [0, 0.1) is 5.92 Å². The molecule has 3 heterocycles.